The van der Waals surface area contributed by atoms with Crippen molar-refractivity contribution < 1.29 is 41.3 Å². The Balaban J connectivity index is 1.33. The summed E-state index contributed by atoms with van der Waals surface area (Å²) in [6, 6.07) is 11.5. The first-order valence-corrected chi connectivity index (χ1v) is 14.7. The van der Waals surface area contributed by atoms with Crippen molar-refractivity contribution in [3.63, 3.8) is 0 Å². The third kappa shape index (κ3) is 5.40. The van der Waals surface area contributed by atoms with Crippen LogP contribution in [0.25, 0.3) is 5.69 Å². The van der Waals surface area contributed by atoms with Gasteiger partial charge in [-0.15, -0.1) is 0 Å². The van der Waals surface area contributed by atoms with Crippen molar-refractivity contribution in [3.8, 4) is 29.3 Å². The number of sulfonamides is 1. The van der Waals surface area contributed by atoms with Crippen molar-refractivity contribution in [2.75, 3.05) is 32.0 Å². The van der Waals surface area contributed by atoms with Gasteiger partial charge < -0.3 is 19.7 Å². The second kappa shape index (κ2) is 10.2. The number of hydrogen-bond donors (Lipinski definition) is 3. The molecule has 0 saturated carbocycles. The minimum Gasteiger partial charge on any atom is -0.494 e. The van der Waals surface area contributed by atoms with Crippen molar-refractivity contribution >= 4 is 10.0 Å². The Morgan fingerprint density at radius 2 is 1.67 bits per heavy atom. The minimum absolute atomic E-state index is 0.142. The number of morpholine rings is 1. The van der Waals surface area contributed by atoms with E-state index in [9.17, 15) is 31.8 Å². The van der Waals surface area contributed by atoms with Gasteiger partial charge in [0, 0.05) is 19.6 Å². The lowest BCUT2D eigenvalue weighted by atomic mass is 9.94. The Morgan fingerprint density at radius 3 is 2.19 bits per heavy atom. The van der Waals surface area contributed by atoms with E-state index in [1.165, 1.54) is 12.1 Å². The van der Waals surface area contributed by atoms with Crippen molar-refractivity contribution in [3.05, 3.63) is 70.3 Å². The van der Waals surface area contributed by atoms with Gasteiger partial charge >= 0.3 is 6.18 Å². The number of fused-ring (bicyclic) bond motifs is 5. The third-order valence-electron chi connectivity index (χ3n) is 7.64. The number of primary sulfonamides is 1. The van der Waals surface area contributed by atoms with Crippen LogP contribution in [0, 0.1) is 11.3 Å². The zero-order valence-corrected chi connectivity index (χ0v) is 23.6. The summed E-state index contributed by atoms with van der Waals surface area (Å²) in [5.41, 5.74) is -2.67. The highest BCUT2D eigenvalue weighted by Gasteiger charge is 2.58. The van der Waals surface area contributed by atoms with E-state index in [4.69, 9.17) is 19.9 Å². The molecule has 1 saturated heterocycles. The summed E-state index contributed by atoms with van der Waals surface area (Å²) in [7, 11) is -3.55. The van der Waals surface area contributed by atoms with Gasteiger partial charge in [-0.25, -0.2) is 13.6 Å². The molecule has 0 amide bonds. The van der Waals surface area contributed by atoms with Crippen molar-refractivity contribution in [2.45, 2.75) is 37.6 Å². The predicted octanol–water partition coefficient (Wildman–Crippen LogP) is 3.47. The monoisotopic (exact) mass is 606 g/mol. The van der Waals surface area contributed by atoms with Crippen molar-refractivity contribution in [1.82, 2.24) is 9.47 Å². The Bertz CT molecular complexity index is 1640. The van der Waals surface area contributed by atoms with Crippen LogP contribution >= 0.6 is 0 Å². The molecule has 1 fully saturated rings. The van der Waals surface area contributed by atoms with E-state index < -0.39 is 50.3 Å². The molecule has 2 aliphatic rings. The molecule has 14 heteroatoms. The van der Waals surface area contributed by atoms with Crippen LogP contribution in [0.15, 0.2) is 42.5 Å². The van der Waals surface area contributed by atoms with E-state index in [-0.39, 0.29) is 11.4 Å². The Labute approximate surface area is 240 Å². The number of aromatic nitrogens is 1. The minimum atomic E-state index is -4.81. The van der Waals surface area contributed by atoms with Crippen LogP contribution in [-0.4, -0.2) is 60.1 Å². The molecule has 0 spiro atoms. The first-order valence-electron chi connectivity index (χ1n) is 13.0. The molecule has 2 bridgehead atoms. The van der Waals surface area contributed by atoms with E-state index in [1.807, 2.05) is 0 Å². The van der Waals surface area contributed by atoms with Gasteiger partial charge in [0.05, 0.1) is 39.8 Å². The summed E-state index contributed by atoms with van der Waals surface area (Å²) < 4.78 is 76.3. The fourth-order valence-electron chi connectivity index (χ4n) is 5.99. The van der Waals surface area contributed by atoms with E-state index >= 15 is 0 Å². The Kier molecular flexibility index (Phi) is 7.21. The SMILES string of the molecule is CC12CN(CCOc3ccc(CCS(N)(=O)=O)cc3)CC(C)(O1)c1c2c(O)n(-c2ccc(C#N)c(C(F)(F)F)c2)c1O. The molecule has 224 valence electrons. The summed E-state index contributed by atoms with van der Waals surface area (Å²) in [5.74, 6) is -0.434. The van der Waals surface area contributed by atoms with Gasteiger partial charge in [0.2, 0.25) is 21.8 Å². The molecule has 10 nitrogen and oxygen atoms in total. The van der Waals surface area contributed by atoms with Gasteiger partial charge in [-0.2, -0.15) is 18.4 Å². The smallest absolute Gasteiger partial charge is 0.417 e. The van der Waals surface area contributed by atoms with E-state index in [2.05, 4.69) is 4.90 Å². The number of nitriles is 1. The van der Waals surface area contributed by atoms with Crippen molar-refractivity contribution in [1.29, 1.82) is 5.26 Å². The predicted molar refractivity (Wildman–Crippen MR) is 145 cm³/mol. The first-order chi connectivity index (χ1) is 19.5. The average Bonchev–Trinajstić information content (AvgIpc) is 3.27. The number of aryl methyl sites for hydroxylation is 1. The number of hydrogen-bond acceptors (Lipinski definition) is 8. The lowest BCUT2D eigenvalue weighted by Gasteiger charge is -2.43. The largest absolute Gasteiger partial charge is 0.494 e. The lowest BCUT2D eigenvalue weighted by Crippen LogP contribution is -2.52. The fraction of sp³-hybridized carbons (Fsp3) is 0.393. The number of benzene rings is 2. The number of rotatable bonds is 8. The first kappa shape index (κ1) is 29.7. The number of nitrogens with zero attached hydrogens (tertiary/aromatic N) is 3. The van der Waals surface area contributed by atoms with Crippen LogP contribution in [0.2, 0.25) is 0 Å². The Hall–Kier alpha value is -3.77. The van der Waals surface area contributed by atoms with E-state index in [0.717, 1.165) is 22.3 Å². The van der Waals surface area contributed by atoms with Gasteiger partial charge in [-0.3, -0.25) is 9.47 Å². The number of aromatic hydroxyl groups is 2. The standard InChI is InChI=1S/C28H29F3N4O6S/c1-26-15-34(10-11-40-20-7-3-17(4-8-20)9-12-42(33,38)39)16-27(2,41-26)23-22(26)24(36)35(25(23)37)19-6-5-18(14-32)21(13-19)28(29,30)31/h3-8,13,36-37H,9-12,15-16H2,1-2H3,(H2,33,38,39). The van der Waals surface area contributed by atoms with Crippen LogP contribution in [0.1, 0.15) is 41.7 Å². The molecule has 4 N–H and O–H groups in total. The molecule has 2 unspecified atom stereocenters. The summed E-state index contributed by atoms with van der Waals surface area (Å²) in [6.45, 7) is 4.88. The molecule has 3 aromatic rings. The third-order valence-corrected chi connectivity index (χ3v) is 8.41. The van der Waals surface area contributed by atoms with Gasteiger partial charge in [-0.1, -0.05) is 12.1 Å². The molecule has 2 atom stereocenters. The van der Waals surface area contributed by atoms with Crippen LogP contribution in [0.3, 0.4) is 0 Å². The van der Waals surface area contributed by atoms with Crippen LogP contribution in [0.4, 0.5) is 13.2 Å². The van der Waals surface area contributed by atoms with Gasteiger partial charge in [-0.05, 0) is 56.2 Å². The summed E-state index contributed by atoms with van der Waals surface area (Å²) in [5, 5.41) is 36.7. The zero-order chi connectivity index (χ0) is 30.7. The fourth-order valence-corrected chi connectivity index (χ4v) is 6.51. The topological polar surface area (TPSA) is 151 Å². The lowest BCUT2D eigenvalue weighted by molar-refractivity contribution is -0.187. The molecule has 3 heterocycles. The van der Waals surface area contributed by atoms with E-state index in [0.29, 0.717) is 49.5 Å². The molecule has 0 aliphatic carbocycles. The number of ether oxygens (including phenoxy) is 2. The molecule has 42 heavy (non-hydrogen) atoms. The maximum atomic E-state index is 13.6. The van der Waals surface area contributed by atoms with Crippen LogP contribution < -0.4 is 9.88 Å². The molecular weight excluding hydrogens is 577 g/mol. The molecule has 2 aliphatic heterocycles. The zero-order valence-electron chi connectivity index (χ0n) is 22.8. The quantitative estimate of drug-likeness (QED) is 0.353. The summed E-state index contributed by atoms with van der Waals surface area (Å²) in [4.78, 5) is 2.05. The van der Waals surface area contributed by atoms with Gasteiger partial charge in [0.15, 0.2) is 0 Å². The molecule has 2 aromatic carbocycles. The highest BCUT2D eigenvalue weighted by atomic mass is 32.2. The normalized spacial score (nSPS) is 22.1. The summed E-state index contributed by atoms with van der Waals surface area (Å²) >= 11 is 0. The second-order valence-corrected chi connectivity index (χ2v) is 12.7. The van der Waals surface area contributed by atoms with Crippen LogP contribution in [-0.2, 0) is 38.6 Å². The highest BCUT2D eigenvalue weighted by molar-refractivity contribution is 7.89. The number of nitrogens with two attached hydrogens (primary N) is 1. The van der Waals surface area contributed by atoms with Gasteiger partial charge in [0.25, 0.3) is 0 Å². The maximum Gasteiger partial charge on any atom is 0.417 e. The maximum absolute atomic E-state index is 13.6. The molecular formula is C28H29F3N4O6S. The van der Waals surface area contributed by atoms with Crippen LogP contribution in [0.5, 0.6) is 17.5 Å². The average molecular weight is 607 g/mol. The van der Waals surface area contributed by atoms with Gasteiger partial charge in [0.1, 0.15) is 23.6 Å². The molecule has 1 aromatic heterocycles. The second-order valence-electron chi connectivity index (χ2n) is 11.0. The highest BCUT2D eigenvalue weighted by Crippen LogP contribution is 2.59. The summed E-state index contributed by atoms with van der Waals surface area (Å²) in [6.07, 6.45) is -4.51. The van der Waals surface area contributed by atoms with E-state index in [1.54, 1.807) is 38.1 Å². The Morgan fingerprint density at radius 1 is 1.07 bits per heavy atom. The van der Waals surface area contributed by atoms with Crippen molar-refractivity contribution in [2.24, 2.45) is 5.14 Å². The number of halogens is 3. The molecule has 5 rings (SSSR count). The molecule has 0 radical (unpaired) electrons. The number of alkyl halides is 3.